The van der Waals surface area contributed by atoms with Crippen molar-refractivity contribution in [1.29, 1.82) is 0 Å². The van der Waals surface area contributed by atoms with Gasteiger partial charge in [-0.1, -0.05) is 12.1 Å². The smallest absolute Gasteiger partial charge is 0.240 e. The number of carbonyl (C=O) groups excluding carboxylic acids is 3. The van der Waals surface area contributed by atoms with Crippen LogP contribution in [-0.2, 0) is 29.8 Å². The molecule has 15 heteroatoms. The number of imide groups is 1. The van der Waals surface area contributed by atoms with Gasteiger partial charge in [-0.25, -0.2) is 18.1 Å². The Kier molecular flexibility index (Phi) is 10.8. The Morgan fingerprint density at radius 3 is 2.44 bits per heavy atom. The van der Waals surface area contributed by atoms with E-state index < -0.39 is 21.5 Å². The van der Waals surface area contributed by atoms with Crippen molar-refractivity contribution in [3.05, 3.63) is 65.4 Å². The van der Waals surface area contributed by atoms with E-state index in [1.165, 1.54) is 0 Å². The van der Waals surface area contributed by atoms with Crippen molar-refractivity contribution >= 4 is 50.9 Å². The van der Waals surface area contributed by atoms with Gasteiger partial charge in [-0.15, -0.1) is 0 Å². The Labute approximate surface area is 346 Å². The number of sulfonamides is 1. The van der Waals surface area contributed by atoms with Crippen LogP contribution < -0.4 is 25.2 Å². The number of nitrogens with zero attached hydrogens (tertiary/aromatic N) is 5. The molecule has 3 aromatic rings. The number of nitrogens with one attached hydrogen (secondary N) is 3. The summed E-state index contributed by atoms with van der Waals surface area (Å²) in [6.45, 7) is 7.91. The molecule has 3 aliphatic heterocycles. The second-order valence-corrected chi connectivity index (χ2v) is 19.7. The van der Waals surface area contributed by atoms with Gasteiger partial charge in [0.1, 0.15) is 5.82 Å². The van der Waals surface area contributed by atoms with Crippen molar-refractivity contribution in [1.82, 2.24) is 24.9 Å². The molecule has 1 unspecified atom stereocenters. The number of anilines is 4. The van der Waals surface area contributed by atoms with E-state index in [2.05, 4.69) is 49.2 Å². The number of benzene rings is 2. The average molecular weight is 825 g/mol. The van der Waals surface area contributed by atoms with E-state index in [9.17, 15) is 27.9 Å². The summed E-state index contributed by atoms with van der Waals surface area (Å²) in [4.78, 5) is 54.0. The number of aryl methyl sites for hydroxylation is 1. The SMILES string of the molecule is Cc1cc(S(=O)(=O)NC2CCC(CN3CCN(c4ccc(C5CCC(=O)NC5=O)cc4)C[C@H]3C)CC2)ccc1Nc1ncc2c(n1)N([C@@H]1CCC[C@@H](O)C1)C(=O)C21CC1. The molecule has 2 saturated heterocycles. The standard InChI is InChI=1S/C44H56N8O6S/c1-27-22-35(14-16-38(27)46-43-45-24-37-40(48-43)52(42(56)44(37)18-19-44)33-4-3-5-34(53)23-33)59(57,58)49-31-10-6-29(7-11-31)26-50-20-21-51(25-28(50)2)32-12-8-30(9-13-32)36-15-17-39(54)47-41(36)55/h8-9,12-14,16,22,24,28-29,31,33-34,36,49,53H,3-7,10-11,15,17-21,23,25-26H2,1-2H3,(H,45,46,48)(H,47,54,55)/t28-,29?,31?,33-,34-,36?/m1/s1. The lowest BCUT2D eigenvalue weighted by Gasteiger charge is -2.43. The zero-order valence-electron chi connectivity index (χ0n) is 34.0. The summed E-state index contributed by atoms with van der Waals surface area (Å²) >= 11 is 0. The number of piperazine rings is 1. The fourth-order valence-corrected chi connectivity index (χ4v) is 11.7. The van der Waals surface area contributed by atoms with Crippen LogP contribution in [0.2, 0.25) is 0 Å². The fraction of sp³-hybridized carbons (Fsp3) is 0.568. The molecule has 1 aromatic heterocycles. The number of carbonyl (C=O) groups is 3. The molecule has 4 atom stereocenters. The van der Waals surface area contributed by atoms with Crippen molar-refractivity contribution in [2.45, 2.75) is 131 Å². The molecule has 3 amide bonds. The third-order valence-electron chi connectivity index (χ3n) is 14.0. The Morgan fingerprint density at radius 1 is 0.966 bits per heavy atom. The molecule has 314 valence electrons. The molecule has 1 spiro atoms. The van der Waals surface area contributed by atoms with Crippen LogP contribution in [0.1, 0.15) is 107 Å². The molecule has 4 N–H and O–H groups in total. The maximum atomic E-state index is 13.6. The maximum Gasteiger partial charge on any atom is 0.240 e. The highest BCUT2D eigenvalue weighted by Gasteiger charge is 2.61. The van der Waals surface area contributed by atoms with E-state index in [0.29, 0.717) is 48.7 Å². The lowest BCUT2D eigenvalue weighted by atomic mass is 9.86. The third kappa shape index (κ3) is 7.98. The molecule has 6 aliphatic rings. The summed E-state index contributed by atoms with van der Waals surface area (Å²) in [5.41, 5.74) is 3.86. The van der Waals surface area contributed by atoms with Gasteiger partial charge in [0.25, 0.3) is 0 Å². The van der Waals surface area contributed by atoms with Gasteiger partial charge in [-0.2, -0.15) is 4.98 Å². The highest BCUT2D eigenvalue weighted by Crippen LogP contribution is 2.57. The number of aliphatic hydroxyl groups excluding tert-OH is 1. The molecule has 3 aliphatic carbocycles. The maximum absolute atomic E-state index is 13.6. The Morgan fingerprint density at radius 2 is 1.75 bits per heavy atom. The zero-order chi connectivity index (χ0) is 41.1. The van der Waals surface area contributed by atoms with Crippen molar-refractivity contribution in [3.63, 3.8) is 0 Å². The quantitative estimate of drug-likeness (QED) is 0.207. The van der Waals surface area contributed by atoms with Gasteiger partial charge in [0.15, 0.2) is 0 Å². The third-order valence-corrected chi connectivity index (χ3v) is 15.5. The zero-order valence-corrected chi connectivity index (χ0v) is 34.8. The van der Waals surface area contributed by atoms with Crippen molar-refractivity contribution < 1.29 is 27.9 Å². The summed E-state index contributed by atoms with van der Waals surface area (Å²) in [7, 11) is -3.74. The van der Waals surface area contributed by atoms with E-state index in [1.54, 1.807) is 24.4 Å². The minimum absolute atomic E-state index is 0.0728. The number of rotatable bonds is 10. The Bertz CT molecular complexity index is 2220. The molecule has 0 bridgehead atoms. The minimum Gasteiger partial charge on any atom is -0.393 e. The fourth-order valence-electron chi connectivity index (χ4n) is 10.3. The number of hydrogen-bond donors (Lipinski definition) is 4. The van der Waals surface area contributed by atoms with E-state index >= 15 is 0 Å². The molecule has 3 saturated carbocycles. The van der Waals surface area contributed by atoms with Gasteiger partial charge in [0, 0.05) is 73.9 Å². The van der Waals surface area contributed by atoms with E-state index in [1.807, 2.05) is 24.0 Å². The van der Waals surface area contributed by atoms with Gasteiger partial charge in [-0.3, -0.25) is 29.5 Å². The van der Waals surface area contributed by atoms with Gasteiger partial charge in [0.05, 0.1) is 22.3 Å². The number of fused-ring (bicyclic) bond motifs is 2. The first-order chi connectivity index (χ1) is 28.4. The van der Waals surface area contributed by atoms with Crippen molar-refractivity contribution in [2.24, 2.45) is 5.92 Å². The molecule has 5 fully saturated rings. The molecular weight excluding hydrogens is 769 g/mol. The summed E-state index contributed by atoms with van der Waals surface area (Å²) in [6.07, 6.45) is 10.4. The number of amides is 3. The van der Waals surface area contributed by atoms with E-state index in [0.717, 1.165) is 106 Å². The Hall–Kier alpha value is -4.44. The van der Waals surface area contributed by atoms with Crippen LogP contribution in [0.25, 0.3) is 0 Å². The predicted octanol–water partition coefficient (Wildman–Crippen LogP) is 4.78. The van der Waals surface area contributed by atoms with Gasteiger partial charge < -0.3 is 15.3 Å². The number of aliphatic hydroxyl groups is 1. The van der Waals surface area contributed by atoms with Crippen LogP contribution in [0.3, 0.4) is 0 Å². The summed E-state index contributed by atoms with van der Waals surface area (Å²) < 4.78 is 30.2. The number of piperidine rings is 1. The summed E-state index contributed by atoms with van der Waals surface area (Å²) in [5.74, 6) is 0.877. The van der Waals surface area contributed by atoms with Crippen LogP contribution in [0.4, 0.5) is 23.1 Å². The molecule has 0 radical (unpaired) electrons. The first-order valence-corrected chi connectivity index (χ1v) is 23.1. The van der Waals surface area contributed by atoms with Crippen LogP contribution >= 0.6 is 0 Å². The summed E-state index contributed by atoms with van der Waals surface area (Å²) in [6, 6.07) is 13.4. The number of hydrogen-bond acceptors (Lipinski definition) is 11. The lowest BCUT2D eigenvalue weighted by molar-refractivity contribution is -0.134. The molecule has 14 nitrogen and oxygen atoms in total. The highest BCUT2D eigenvalue weighted by atomic mass is 32.2. The van der Waals surface area contributed by atoms with E-state index in [4.69, 9.17) is 4.98 Å². The van der Waals surface area contributed by atoms with Crippen LogP contribution in [0.15, 0.2) is 53.6 Å². The van der Waals surface area contributed by atoms with Crippen LogP contribution in [-0.4, -0.2) is 96.5 Å². The lowest BCUT2D eigenvalue weighted by Crippen LogP contribution is -2.53. The normalized spacial score (nSPS) is 28.4. The Balaban J connectivity index is 0.762. The first kappa shape index (κ1) is 40.0. The second kappa shape index (κ2) is 15.9. The largest absolute Gasteiger partial charge is 0.393 e. The molecule has 9 rings (SSSR count). The monoisotopic (exact) mass is 824 g/mol. The first-order valence-electron chi connectivity index (χ1n) is 21.6. The molecule has 2 aromatic carbocycles. The highest BCUT2D eigenvalue weighted by molar-refractivity contribution is 7.89. The van der Waals surface area contributed by atoms with Crippen molar-refractivity contribution in [2.75, 3.05) is 41.3 Å². The summed E-state index contributed by atoms with van der Waals surface area (Å²) in [5, 5.41) is 16.1. The van der Waals surface area contributed by atoms with Crippen LogP contribution in [0, 0.1) is 12.8 Å². The van der Waals surface area contributed by atoms with Gasteiger partial charge >= 0.3 is 0 Å². The topological polar surface area (TPSA) is 177 Å². The second-order valence-electron chi connectivity index (χ2n) is 18.0. The molecular formula is C44H56N8O6S. The van der Waals surface area contributed by atoms with Crippen LogP contribution in [0.5, 0.6) is 0 Å². The van der Waals surface area contributed by atoms with Gasteiger partial charge in [-0.05, 0) is 132 Å². The molecule has 4 heterocycles. The number of aromatic nitrogens is 2. The molecule has 59 heavy (non-hydrogen) atoms. The van der Waals surface area contributed by atoms with E-state index in [-0.39, 0.29) is 40.6 Å². The minimum atomic E-state index is -3.74. The predicted molar refractivity (Wildman–Crippen MR) is 224 cm³/mol. The van der Waals surface area contributed by atoms with Gasteiger partial charge in [0.2, 0.25) is 33.7 Å². The average Bonchev–Trinajstić information content (AvgIpc) is 3.98. The van der Waals surface area contributed by atoms with Crippen molar-refractivity contribution in [3.8, 4) is 0 Å².